The molecular weight excluding hydrogens is 221 g/mol. The second kappa shape index (κ2) is 4.49. The van der Waals surface area contributed by atoms with E-state index in [-0.39, 0.29) is 6.54 Å². The van der Waals surface area contributed by atoms with Gasteiger partial charge in [-0.3, -0.25) is 0 Å². The largest absolute Gasteiger partial charge is 0.389 e. The smallest absolute Gasteiger partial charge is 0.0782 e. The molecule has 0 heterocycles. The van der Waals surface area contributed by atoms with Gasteiger partial charge in [0.15, 0.2) is 0 Å². The number of benzene rings is 1. The first-order valence-electron chi connectivity index (χ1n) is 4.31. The van der Waals surface area contributed by atoms with Crippen LogP contribution < -0.4 is 5.73 Å². The molecule has 0 spiro atoms. The lowest BCUT2D eigenvalue weighted by atomic mass is 9.97. The van der Waals surface area contributed by atoms with E-state index in [0.717, 1.165) is 5.56 Å². The lowest BCUT2D eigenvalue weighted by Gasteiger charge is -2.21. The molecule has 0 fully saturated rings. The van der Waals surface area contributed by atoms with Crippen molar-refractivity contribution in [2.45, 2.75) is 18.9 Å². The first-order chi connectivity index (χ1) is 6.44. The lowest BCUT2D eigenvalue weighted by Crippen LogP contribution is -2.36. The fourth-order valence-electron chi connectivity index (χ4n) is 1.16. The van der Waals surface area contributed by atoms with E-state index in [9.17, 15) is 5.11 Å². The lowest BCUT2D eigenvalue weighted by molar-refractivity contribution is 0.0697. The van der Waals surface area contributed by atoms with Crippen LogP contribution in [-0.4, -0.2) is 17.3 Å². The second-order valence-electron chi connectivity index (χ2n) is 3.61. The molecule has 3 N–H and O–H groups in total. The minimum atomic E-state index is -0.936. The molecule has 4 heteroatoms. The molecule has 1 unspecified atom stereocenters. The Balaban J connectivity index is 2.91. The van der Waals surface area contributed by atoms with Gasteiger partial charge in [0, 0.05) is 23.0 Å². The Morgan fingerprint density at radius 2 is 2.07 bits per heavy atom. The van der Waals surface area contributed by atoms with Crippen LogP contribution in [0.2, 0.25) is 10.0 Å². The molecule has 0 aliphatic carbocycles. The summed E-state index contributed by atoms with van der Waals surface area (Å²) in [6.45, 7) is 1.86. The molecule has 0 saturated heterocycles. The van der Waals surface area contributed by atoms with E-state index in [2.05, 4.69) is 0 Å². The standard InChI is InChI=1S/C10H13Cl2NO/c1-10(14,6-13)5-7-4-8(11)2-3-9(7)12/h2-4,14H,5-6,13H2,1H3. The Bertz CT molecular complexity index is 326. The van der Waals surface area contributed by atoms with Crippen molar-refractivity contribution in [3.05, 3.63) is 33.8 Å². The quantitative estimate of drug-likeness (QED) is 0.842. The molecule has 0 radical (unpaired) electrons. The number of halogens is 2. The summed E-state index contributed by atoms with van der Waals surface area (Å²) in [6.07, 6.45) is 0.406. The van der Waals surface area contributed by atoms with Crippen LogP contribution in [0, 0.1) is 0 Å². The zero-order chi connectivity index (χ0) is 10.8. The molecule has 0 bridgehead atoms. The van der Waals surface area contributed by atoms with Gasteiger partial charge in [-0.2, -0.15) is 0 Å². The van der Waals surface area contributed by atoms with Crippen molar-refractivity contribution in [3.8, 4) is 0 Å². The molecule has 1 aromatic carbocycles. The van der Waals surface area contributed by atoms with Crippen molar-refractivity contribution in [1.29, 1.82) is 0 Å². The second-order valence-corrected chi connectivity index (χ2v) is 4.46. The maximum Gasteiger partial charge on any atom is 0.0782 e. The highest BCUT2D eigenvalue weighted by atomic mass is 35.5. The molecule has 0 aliphatic rings. The van der Waals surface area contributed by atoms with Gasteiger partial charge in [-0.05, 0) is 30.7 Å². The summed E-state index contributed by atoms with van der Waals surface area (Å²) in [5.41, 5.74) is 5.29. The number of hydrogen-bond donors (Lipinski definition) is 2. The van der Waals surface area contributed by atoms with Crippen LogP contribution in [0.15, 0.2) is 18.2 Å². The van der Waals surface area contributed by atoms with Gasteiger partial charge in [-0.25, -0.2) is 0 Å². The fraction of sp³-hybridized carbons (Fsp3) is 0.400. The third-order valence-corrected chi connectivity index (χ3v) is 2.62. The molecule has 2 nitrogen and oxygen atoms in total. The van der Waals surface area contributed by atoms with E-state index >= 15 is 0 Å². The maximum atomic E-state index is 9.77. The highest BCUT2D eigenvalue weighted by Gasteiger charge is 2.20. The number of hydrogen-bond acceptors (Lipinski definition) is 2. The van der Waals surface area contributed by atoms with Crippen molar-refractivity contribution >= 4 is 23.2 Å². The van der Waals surface area contributed by atoms with Crippen molar-refractivity contribution in [2.24, 2.45) is 5.73 Å². The molecule has 1 rings (SSSR count). The normalized spacial score (nSPS) is 15.2. The van der Waals surface area contributed by atoms with Gasteiger partial charge in [0.1, 0.15) is 0 Å². The molecule has 0 saturated carbocycles. The van der Waals surface area contributed by atoms with Crippen LogP contribution in [-0.2, 0) is 6.42 Å². The topological polar surface area (TPSA) is 46.2 Å². The monoisotopic (exact) mass is 233 g/mol. The van der Waals surface area contributed by atoms with E-state index in [1.165, 1.54) is 0 Å². The molecule has 1 aromatic rings. The van der Waals surface area contributed by atoms with Crippen molar-refractivity contribution in [3.63, 3.8) is 0 Å². The van der Waals surface area contributed by atoms with Crippen molar-refractivity contribution in [2.75, 3.05) is 6.54 Å². The molecule has 1 atom stereocenters. The summed E-state index contributed by atoms with van der Waals surface area (Å²) < 4.78 is 0. The Morgan fingerprint density at radius 3 is 2.64 bits per heavy atom. The molecule has 0 aromatic heterocycles. The van der Waals surface area contributed by atoms with Gasteiger partial charge in [-0.1, -0.05) is 23.2 Å². The average Bonchev–Trinajstić information content (AvgIpc) is 2.11. The van der Waals surface area contributed by atoms with Crippen LogP contribution in [0.3, 0.4) is 0 Å². The number of nitrogens with two attached hydrogens (primary N) is 1. The Morgan fingerprint density at radius 1 is 1.43 bits per heavy atom. The third-order valence-electron chi connectivity index (χ3n) is 2.02. The Labute approximate surface area is 93.6 Å². The minimum absolute atomic E-state index is 0.190. The van der Waals surface area contributed by atoms with Gasteiger partial charge >= 0.3 is 0 Å². The summed E-state index contributed by atoms with van der Waals surface area (Å²) in [5.74, 6) is 0. The first-order valence-corrected chi connectivity index (χ1v) is 5.06. The van der Waals surface area contributed by atoms with E-state index in [4.69, 9.17) is 28.9 Å². The molecule has 78 valence electrons. The summed E-state index contributed by atoms with van der Waals surface area (Å²) in [7, 11) is 0. The SMILES string of the molecule is CC(O)(CN)Cc1cc(Cl)ccc1Cl. The molecule has 14 heavy (non-hydrogen) atoms. The van der Waals surface area contributed by atoms with Gasteiger partial charge < -0.3 is 10.8 Å². The van der Waals surface area contributed by atoms with Crippen molar-refractivity contribution < 1.29 is 5.11 Å². The maximum absolute atomic E-state index is 9.77. The summed E-state index contributed by atoms with van der Waals surface area (Å²) in [4.78, 5) is 0. The van der Waals surface area contributed by atoms with Crippen LogP contribution in [0.1, 0.15) is 12.5 Å². The summed E-state index contributed by atoms with van der Waals surface area (Å²) in [5, 5.41) is 11.0. The third kappa shape index (κ3) is 3.14. The summed E-state index contributed by atoms with van der Waals surface area (Å²) in [6, 6.07) is 5.17. The van der Waals surface area contributed by atoms with Crippen LogP contribution in [0.4, 0.5) is 0 Å². The predicted molar refractivity (Wildman–Crippen MR) is 59.8 cm³/mol. The van der Waals surface area contributed by atoms with E-state index in [0.29, 0.717) is 16.5 Å². The van der Waals surface area contributed by atoms with E-state index in [1.54, 1.807) is 25.1 Å². The number of aliphatic hydroxyl groups is 1. The predicted octanol–water partition coefficient (Wildman–Crippen LogP) is 2.25. The van der Waals surface area contributed by atoms with E-state index < -0.39 is 5.60 Å². The van der Waals surface area contributed by atoms with Crippen LogP contribution >= 0.6 is 23.2 Å². The highest BCUT2D eigenvalue weighted by molar-refractivity contribution is 6.33. The van der Waals surface area contributed by atoms with Crippen molar-refractivity contribution in [1.82, 2.24) is 0 Å². The highest BCUT2D eigenvalue weighted by Crippen LogP contribution is 2.24. The molecule has 0 amide bonds. The van der Waals surface area contributed by atoms with Crippen LogP contribution in [0.25, 0.3) is 0 Å². The van der Waals surface area contributed by atoms with Gasteiger partial charge in [0.05, 0.1) is 5.60 Å². The zero-order valence-electron chi connectivity index (χ0n) is 7.93. The van der Waals surface area contributed by atoms with Gasteiger partial charge in [0.25, 0.3) is 0 Å². The summed E-state index contributed by atoms with van der Waals surface area (Å²) >= 11 is 11.8. The number of rotatable bonds is 3. The molecular formula is C10H13Cl2NO. The Hall–Kier alpha value is -0.280. The Kier molecular flexibility index (Phi) is 3.78. The molecule has 0 aliphatic heterocycles. The minimum Gasteiger partial charge on any atom is -0.389 e. The van der Waals surface area contributed by atoms with Crippen LogP contribution in [0.5, 0.6) is 0 Å². The fourth-order valence-corrected chi connectivity index (χ4v) is 1.54. The van der Waals surface area contributed by atoms with Gasteiger partial charge in [-0.15, -0.1) is 0 Å². The average molecular weight is 234 g/mol. The van der Waals surface area contributed by atoms with E-state index in [1.807, 2.05) is 0 Å². The van der Waals surface area contributed by atoms with Gasteiger partial charge in [0.2, 0.25) is 0 Å². The zero-order valence-corrected chi connectivity index (χ0v) is 9.44. The first kappa shape index (κ1) is 11.8.